The van der Waals surface area contributed by atoms with Crippen molar-refractivity contribution in [1.29, 1.82) is 0 Å². The molecule has 0 bridgehead atoms. The number of hydrogen-bond acceptors (Lipinski definition) is 6. The van der Waals surface area contributed by atoms with Crippen molar-refractivity contribution in [2.45, 2.75) is 31.7 Å². The number of nitrogens with zero attached hydrogens (tertiary/aromatic N) is 5. The summed E-state index contributed by atoms with van der Waals surface area (Å²) in [6.45, 7) is 1.61. The lowest BCUT2D eigenvalue weighted by Gasteiger charge is -2.48. The van der Waals surface area contributed by atoms with Crippen molar-refractivity contribution in [1.82, 2.24) is 20.0 Å². The molecule has 1 atom stereocenters. The molecule has 1 amide bonds. The fraction of sp³-hybridized carbons (Fsp3) is 0.333. The first kappa shape index (κ1) is 20.8. The van der Waals surface area contributed by atoms with E-state index in [9.17, 15) is 4.79 Å². The highest BCUT2D eigenvalue weighted by atomic mass is 16.5. The third-order valence-corrected chi connectivity index (χ3v) is 7.62. The van der Waals surface area contributed by atoms with Crippen molar-refractivity contribution in [3.05, 3.63) is 72.6 Å². The SMILES string of the molecule is CN1C(=O)C2(CCC1c1conc1-c1ccccc1)CCN(c1cnc3ccccc3n1)CC2. The van der Waals surface area contributed by atoms with Gasteiger partial charge in [-0.25, -0.2) is 4.98 Å². The third-order valence-electron chi connectivity index (χ3n) is 7.62. The van der Waals surface area contributed by atoms with E-state index in [4.69, 9.17) is 9.51 Å². The number of piperidine rings is 2. The second-order valence-electron chi connectivity index (χ2n) is 9.44. The number of amides is 1. The molecule has 2 aliphatic heterocycles. The summed E-state index contributed by atoms with van der Waals surface area (Å²) in [5.74, 6) is 1.12. The van der Waals surface area contributed by atoms with Crippen LogP contribution in [0.25, 0.3) is 22.3 Å². The zero-order valence-electron chi connectivity index (χ0n) is 19.2. The van der Waals surface area contributed by atoms with Gasteiger partial charge in [0.15, 0.2) is 0 Å². The highest BCUT2D eigenvalue weighted by Crippen LogP contribution is 2.47. The van der Waals surface area contributed by atoms with Crippen LogP contribution in [0.5, 0.6) is 0 Å². The van der Waals surface area contributed by atoms with Gasteiger partial charge in [-0.2, -0.15) is 0 Å². The van der Waals surface area contributed by atoms with E-state index in [-0.39, 0.29) is 17.4 Å². The Morgan fingerprint density at radius 2 is 1.71 bits per heavy atom. The predicted octanol–water partition coefficient (Wildman–Crippen LogP) is 4.86. The molecule has 7 nitrogen and oxygen atoms in total. The smallest absolute Gasteiger partial charge is 0.229 e. The first-order valence-electron chi connectivity index (χ1n) is 11.9. The number of fused-ring (bicyclic) bond motifs is 1. The summed E-state index contributed by atoms with van der Waals surface area (Å²) in [6.07, 6.45) is 6.98. The van der Waals surface area contributed by atoms with Gasteiger partial charge >= 0.3 is 0 Å². The standard InChI is InChI=1S/C27H27N5O2/c1-31-23(20-18-34-30-25(20)19-7-3-2-4-8-19)11-12-27(26(31)33)13-15-32(16-14-27)24-17-28-21-9-5-6-10-22(21)29-24/h2-10,17-18,23H,11-16H2,1H3. The molecule has 2 fully saturated rings. The molecular weight excluding hydrogens is 426 g/mol. The Labute approximate surface area is 198 Å². The normalized spacial score (nSPS) is 20.3. The number of benzene rings is 2. The molecular formula is C27H27N5O2. The molecule has 172 valence electrons. The summed E-state index contributed by atoms with van der Waals surface area (Å²) >= 11 is 0. The van der Waals surface area contributed by atoms with Crippen molar-refractivity contribution in [3.63, 3.8) is 0 Å². The number of aromatic nitrogens is 3. The molecule has 1 unspecified atom stereocenters. The number of hydrogen-bond donors (Lipinski definition) is 0. The Bertz CT molecular complexity index is 1330. The lowest BCUT2D eigenvalue weighted by molar-refractivity contribution is -0.150. The molecule has 2 aromatic heterocycles. The average molecular weight is 454 g/mol. The number of carbonyl (C=O) groups excluding carboxylic acids is 1. The largest absolute Gasteiger partial charge is 0.364 e. The van der Waals surface area contributed by atoms with Gasteiger partial charge in [0.25, 0.3) is 0 Å². The van der Waals surface area contributed by atoms with E-state index < -0.39 is 0 Å². The second kappa shape index (κ2) is 8.24. The molecule has 4 aromatic rings. The highest BCUT2D eigenvalue weighted by Gasteiger charge is 2.48. The van der Waals surface area contributed by atoms with Crippen LogP contribution in [0, 0.1) is 5.41 Å². The first-order valence-corrected chi connectivity index (χ1v) is 11.9. The molecule has 7 heteroatoms. The maximum atomic E-state index is 13.7. The molecule has 0 radical (unpaired) electrons. The fourth-order valence-corrected chi connectivity index (χ4v) is 5.62. The van der Waals surface area contributed by atoms with Crippen molar-refractivity contribution in [3.8, 4) is 11.3 Å². The van der Waals surface area contributed by atoms with Crippen molar-refractivity contribution >= 4 is 22.8 Å². The number of anilines is 1. The van der Waals surface area contributed by atoms with E-state index in [2.05, 4.69) is 15.0 Å². The van der Waals surface area contributed by atoms with Crippen LogP contribution in [-0.2, 0) is 4.79 Å². The van der Waals surface area contributed by atoms with Crippen LogP contribution < -0.4 is 4.90 Å². The van der Waals surface area contributed by atoms with Crippen LogP contribution in [0.15, 0.2) is 71.6 Å². The molecule has 2 saturated heterocycles. The van der Waals surface area contributed by atoms with E-state index in [0.717, 1.165) is 72.4 Å². The zero-order valence-corrected chi connectivity index (χ0v) is 19.2. The third kappa shape index (κ3) is 3.43. The van der Waals surface area contributed by atoms with Crippen LogP contribution in [0.3, 0.4) is 0 Å². The molecule has 1 spiro atoms. The Morgan fingerprint density at radius 3 is 2.50 bits per heavy atom. The van der Waals surface area contributed by atoms with Gasteiger partial charge < -0.3 is 14.3 Å². The summed E-state index contributed by atoms with van der Waals surface area (Å²) < 4.78 is 5.36. The first-order chi connectivity index (χ1) is 16.6. The molecule has 0 N–H and O–H groups in total. The maximum absolute atomic E-state index is 13.7. The molecule has 4 heterocycles. The molecule has 6 rings (SSSR count). The highest BCUT2D eigenvalue weighted by molar-refractivity contribution is 5.84. The Kier molecular flexibility index (Phi) is 5.05. The van der Waals surface area contributed by atoms with Crippen LogP contribution in [0.1, 0.15) is 37.3 Å². The van der Waals surface area contributed by atoms with Gasteiger partial charge in [0.1, 0.15) is 17.8 Å². The minimum Gasteiger partial charge on any atom is -0.364 e. The van der Waals surface area contributed by atoms with Gasteiger partial charge in [-0.3, -0.25) is 9.78 Å². The van der Waals surface area contributed by atoms with Crippen molar-refractivity contribution in [2.24, 2.45) is 5.41 Å². The van der Waals surface area contributed by atoms with Gasteiger partial charge in [0.2, 0.25) is 5.91 Å². The van der Waals surface area contributed by atoms with Crippen LogP contribution in [0.4, 0.5) is 5.82 Å². The van der Waals surface area contributed by atoms with Crippen molar-refractivity contribution in [2.75, 3.05) is 25.0 Å². The van der Waals surface area contributed by atoms with E-state index in [1.807, 2.05) is 72.7 Å². The van der Waals surface area contributed by atoms with E-state index >= 15 is 0 Å². The summed E-state index contributed by atoms with van der Waals surface area (Å²) in [5.41, 5.74) is 4.32. The monoisotopic (exact) mass is 453 g/mol. The fourth-order valence-electron chi connectivity index (χ4n) is 5.62. The quantitative estimate of drug-likeness (QED) is 0.441. The van der Waals surface area contributed by atoms with E-state index in [1.165, 1.54) is 0 Å². The minimum atomic E-state index is -0.309. The molecule has 0 aliphatic carbocycles. The molecule has 0 saturated carbocycles. The lowest BCUT2D eigenvalue weighted by atomic mass is 9.69. The summed E-state index contributed by atoms with van der Waals surface area (Å²) in [7, 11) is 1.93. The average Bonchev–Trinajstić information content (AvgIpc) is 3.38. The van der Waals surface area contributed by atoms with Gasteiger partial charge in [-0.05, 0) is 37.8 Å². The molecule has 2 aliphatic rings. The topological polar surface area (TPSA) is 75.4 Å². The Balaban J connectivity index is 1.19. The summed E-state index contributed by atoms with van der Waals surface area (Å²) in [4.78, 5) is 27.3. The van der Waals surface area contributed by atoms with Gasteiger partial charge in [0, 0.05) is 31.3 Å². The second-order valence-corrected chi connectivity index (χ2v) is 9.44. The van der Waals surface area contributed by atoms with E-state index in [1.54, 1.807) is 6.26 Å². The molecule has 34 heavy (non-hydrogen) atoms. The number of carbonyl (C=O) groups is 1. The van der Waals surface area contributed by atoms with Crippen LogP contribution in [-0.4, -0.2) is 46.1 Å². The number of likely N-dealkylation sites (tertiary alicyclic amines) is 1. The Hall–Kier alpha value is -3.74. The minimum absolute atomic E-state index is 0.0241. The molecule has 2 aromatic carbocycles. The van der Waals surface area contributed by atoms with Crippen LogP contribution >= 0.6 is 0 Å². The Morgan fingerprint density at radius 1 is 0.971 bits per heavy atom. The van der Waals surface area contributed by atoms with Gasteiger partial charge in [-0.15, -0.1) is 0 Å². The predicted molar refractivity (Wildman–Crippen MR) is 130 cm³/mol. The number of para-hydroxylation sites is 2. The zero-order chi connectivity index (χ0) is 23.1. The summed E-state index contributed by atoms with van der Waals surface area (Å²) in [6, 6.07) is 17.9. The van der Waals surface area contributed by atoms with Crippen LogP contribution in [0.2, 0.25) is 0 Å². The maximum Gasteiger partial charge on any atom is 0.229 e. The lowest BCUT2D eigenvalue weighted by Crippen LogP contribution is -2.53. The van der Waals surface area contributed by atoms with Gasteiger partial charge in [-0.1, -0.05) is 47.6 Å². The van der Waals surface area contributed by atoms with Gasteiger partial charge in [0.05, 0.1) is 28.7 Å². The van der Waals surface area contributed by atoms with E-state index in [0.29, 0.717) is 0 Å². The number of rotatable bonds is 3. The van der Waals surface area contributed by atoms with Crippen molar-refractivity contribution < 1.29 is 9.32 Å². The summed E-state index contributed by atoms with van der Waals surface area (Å²) in [5, 5.41) is 4.26.